The minimum atomic E-state index is -0.114. The molecule has 0 saturated heterocycles. The summed E-state index contributed by atoms with van der Waals surface area (Å²) in [6.07, 6.45) is 18.5. The van der Waals surface area contributed by atoms with Gasteiger partial charge in [-0.25, -0.2) is 0 Å². The Morgan fingerprint density at radius 3 is 2.53 bits per heavy atom. The Labute approximate surface area is 186 Å². The fraction of sp³-hybridized carbons (Fsp3) is 0.793. The van der Waals surface area contributed by atoms with Crippen molar-refractivity contribution in [3.8, 4) is 0 Å². The van der Waals surface area contributed by atoms with Crippen molar-refractivity contribution in [2.45, 2.75) is 105 Å². The van der Waals surface area contributed by atoms with E-state index in [4.69, 9.17) is 0 Å². The molecule has 1 N–H and O–H groups in total. The van der Waals surface area contributed by atoms with E-state index in [9.17, 15) is 5.11 Å². The van der Waals surface area contributed by atoms with Crippen LogP contribution in [0.4, 0.5) is 0 Å². The number of aliphatic hydroxyl groups is 1. The summed E-state index contributed by atoms with van der Waals surface area (Å²) in [4.78, 5) is 0. The van der Waals surface area contributed by atoms with Gasteiger partial charge in [0.05, 0.1) is 6.10 Å². The number of fused-ring (bicyclic) bond motifs is 5. The zero-order valence-corrected chi connectivity index (χ0v) is 20.5. The van der Waals surface area contributed by atoms with E-state index in [1.165, 1.54) is 50.5 Å². The van der Waals surface area contributed by atoms with Crippen molar-refractivity contribution < 1.29 is 5.11 Å². The zero-order valence-electron chi connectivity index (χ0n) is 20.5. The van der Waals surface area contributed by atoms with Crippen LogP contribution < -0.4 is 0 Å². The highest BCUT2D eigenvalue weighted by Gasteiger charge is 2.56. The molecule has 0 spiro atoms. The van der Waals surface area contributed by atoms with Crippen LogP contribution >= 0.6 is 0 Å². The SMILES string of the molecule is CCC(=CCC(C)C1CCC2C3=CC=C4CC(O)CCC4(C)C3CCC21C)C(C)C. The lowest BCUT2D eigenvalue weighted by Gasteiger charge is -2.55. The highest BCUT2D eigenvalue weighted by Crippen LogP contribution is 2.66. The molecule has 0 aromatic carbocycles. The molecule has 1 nitrogen and oxygen atoms in total. The predicted molar refractivity (Wildman–Crippen MR) is 128 cm³/mol. The van der Waals surface area contributed by atoms with Gasteiger partial charge in [0.1, 0.15) is 0 Å². The second kappa shape index (κ2) is 8.27. The molecule has 4 aliphatic rings. The smallest absolute Gasteiger partial charge is 0.0578 e. The average molecular weight is 411 g/mol. The van der Waals surface area contributed by atoms with Crippen LogP contribution in [0, 0.1) is 40.4 Å². The molecule has 7 atom stereocenters. The molecule has 0 aliphatic heterocycles. The van der Waals surface area contributed by atoms with Crippen LogP contribution in [0.5, 0.6) is 0 Å². The van der Waals surface area contributed by atoms with Crippen LogP contribution in [-0.4, -0.2) is 11.2 Å². The highest BCUT2D eigenvalue weighted by molar-refractivity contribution is 5.38. The second-order valence-electron chi connectivity index (χ2n) is 12.0. The lowest BCUT2D eigenvalue weighted by molar-refractivity contribution is 0.0340. The van der Waals surface area contributed by atoms with Crippen LogP contribution in [-0.2, 0) is 0 Å². The fourth-order valence-electron chi connectivity index (χ4n) is 8.25. The summed E-state index contributed by atoms with van der Waals surface area (Å²) in [6.45, 7) is 14.7. The predicted octanol–water partition coefficient (Wildman–Crippen LogP) is 7.87. The monoisotopic (exact) mass is 410 g/mol. The molecule has 7 unspecified atom stereocenters. The lowest BCUT2D eigenvalue weighted by Crippen LogP contribution is -2.46. The third-order valence-corrected chi connectivity index (χ3v) is 10.2. The van der Waals surface area contributed by atoms with Gasteiger partial charge >= 0.3 is 0 Å². The molecule has 0 amide bonds. The zero-order chi connectivity index (χ0) is 21.7. The first-order valence-electron chi connectivity index (χ1n) is 13.0. The highest BCUT2D eigenvalue weighted by atomic mass is 16.3. The summed E-state index contributed by atoms with van der Waals surface area (Å²) in [5.74, 6) is 3.84. The third kappa shape index (κ3) is 3.58. The van der Waals surface area contributed by atoms with Crippen molar-refractivity contribution in [3.05, 3.63) is 34.9 Å². The molecule has 30 heavy (non-hydrogen) atoms. The van der Waals surface area contributed by atoms with Crippen LogP contribution in [0.15, 0.2) is 34.9 Å². The molecule has 4 aliphatic carbocycles. The number of hydrogen-bond acceptors (Lipinski definition) is 1. The van der Waals surface area contributed by atoms with Gasteiger partial charge in [-0.15, -0.1) is 0 Å². The van der Waals surface area contributed by atoms with E-state index < -0.39 is 0 Å². The summed E-state index contributed by atoms with van der Waals surface area (Å²) < 4.78 is 0. The molecule has 3 fully saturated rings. The molecular weight excluding hydrogens is 364 g/mol. The standard InChI is InChI=1S/C29H46O/c1-7-21(19(2)3)9-8-20(4)25-12-13-26-24-11-10-22-18-23(30)14-16-28(22,5)27(24)15-17-29(25,26)6/h9-11,19-20,23,25-27,30H,7-8,12-18H2,1-6H3. The fourth-order valence-corrected chi connectivity index (χ4v) is 8.25. The van der Waals surface area contributed by atoms with E-state index in [0.29, 0.717) is 16.7 Å². The first-order chi connectivity index (χ1) is 14.2. The van der Waals surface area contributed by atoms with Crippen LogP contribution in [0.3, 0.4) is 0 Å². The maximum Gasteiger partial charge on any atom is 0.0578 e. The molecule has 0 bridgehead atoms. The van der Waals surface area contributed by atoms with Gasteiger partial charge in [0.2, 0.25) is 0 Å². The van der Waals surface area contributed by atoms with Gasteiger partial charge in [-0.2, -0.15) is 0 Å². The van der Waals surface area contributed by atoms with E-state index in [1.54, 1.807) is 11.1 Å². The van der Waals surface area contributed by atoms with Gasteiger partial charge in [-0.05, 0) is 98.2 Å². The van der Waals surface area contributed by atoms with E-state index in [0.717, 1.165) is 36.5 Å². The number of hydrogen-bond donors (Lipinski definition) is 1. The number of rotatable bonds is 5. The van der Waals surface area contributed by atoms with Crippen molar-refractivity contribution in [2.24, 2.45) is 40.4 Å². The lowest BCUT2D eigenvalue weighted by atomic mass is 9.50. The molecule has 0 aromatic heterocycles. The Morgan fingerprint density at radius 2 is 1.83 bits per heavy atom. The summed E-state index contributed by atoms with van der Waals surface area (Å²) in [5, 5.41) is 10.2. The summed E-state index contributed by atoms with van der Waals surface area (Å²) >= 11 is 0. The normalized spacial score (nSPS) is 42.2. The molecule has 0 radical (unpaired) electrons. The Kier molecular flexibility index (Phi) is 6.17. The van der Waals surface area contributed by atoms with Crippen LogP contribution in [0.25, 0.3) is 0 Å². The van der Waals surface area contributed by atoms with Gasteiger partial charge in [0.15, 0.2) is 0 Å². The van der Waals surface area contributed by atoms with Crippen molar-refractivity contribution in [1.29, 1.82) is 0 Å². The quantitative estimate of drug-likeness (QED) is 0.457. The second-order valence-corrected chi connectivity index (χ2v) is 12.0. The van der Waals surface area contributed by atoms with Gasteiger partial charge in [-0.1, -0.05) is 76.5 Å². The first kappa shape index (κ1) is 22.4. The van der Waals surface area contributed by atoms with Gasteiger partial charge in [0.25, 0.3) is 0 Å². The van der Waals surface area contributed by atoms with Crippen LogP contribution in [0.1, 0.15) is 99.3 Å². The Hall–Kier alpha value is -0.820. The molecule has 0 heterocycles. The molecule has 1 heteroatoms. The summed E-state index contributed by atoms with van der Waals surface area (Å²) in [6, 6.07) is 0. The third-order valence-electron chi connectivity index (χ3n) is 10.2. The maximum atomic E-state index is 10.2. The number of allylic oxidation sites excluding steroid dienone is 5. The van der Waals surface area contributed by atoms with Crippen molar-refractivity contribution in [3.63, 3.8) is 0 Å². The molecule has 3 saturated carbocycles. The largest absolute Gasteiger partial charge is 0.393 e. The molecule has 168 valence electrons. The minimum Gasteiger partial charge on any atom is -0.393 e. The van der Waals surface area contributed by atoms with E-state index in [1.807, 2.05) is 0 Å². The first-order valence-corrected chi connectivity index (χ1v) is 13.0. The van der Waals surface area contributed by atoms with E-state index in [2.05, 4.69) is 59.8 Å². The average Bonchev–Trinajstić information content (AvgIpc) is 3.06. The number of aliphatic hydroxyl groups excluding tert-OH is 1. The summed E-state index contributed by atoms with van der Waals surface area (Å²) in [7, 11) is 0. The van der Waals surface area contributed by atoms with Crippen molar-refractivity contribution >= 4 is 0 Å². The van der Waals surface area contributed by atoms with Gasteiger partial charge < -0.3 is 5.11 Å². The maximum absolute atomic E-state index is 10.2. The van der Waals surface area contributed by atoms with Gasteiger partial charge in [-0.3, -0.25) is 0 Å². The Bertz CT molecular complexity index is 739. The topological polar surface area (TPSA) is 20.2 Å². The molecular formula is C29H46O. The van der Waals surface area contributed by atoms with Gasteiger partial charge in [0, 0.05) is 0 Å². The Morgan fingerprint density at radius 1 is 1.07 bits per heavy atom. The van der Waals surface area contributed by atoms with Crippen molar-refractivity contribution in [2.75, 3.05) is 0 Å². The van der Waals surface area contributed by atoms with Crippen LogP contribution in [0.2, 0.25) is 0 Å². The molecule has 0 aromatic rings. The van der Waals surface area contributed by atoms with E-state index in [-0.39, 0.29) is 6.10 Å². The summed E-state index contributed by atoms with van der Waals surface area (Å²) in [5.41, 5.74) is 5.76. The van der Waals surface area contributed by atoms with Crippen molar-refractivity contribution in [1.82, 2.24) is 0 Å². The Balaban J connectivity index is 1.55. The van der Waals surface area contributed by atoms with E-state index >= 15 is 0 Å². The minimum absolute atomic E-state index is 0.114. The molecule has 4 rings (SSSR count).